The zero-order valence-electron chi connectivity index (χ0n) is 19.5. The SMILES string of the molecule is C/C=C\CCOc1ccc(-c2ccc(-c3ccc(C4CCC(C)OC4)cc3F)cc2)c(F)c1F. The van der Waals surface area contributed by atoms with E-state index in [0.29, 0.717) is 29.7 Å². The van der Waals surface area contributed by atoms with Crippen LogP contribution in [-0.2, 0) is 4.74 Å². The fraction of sp³-hybridized carbons (Fsp3) is 0.310. The maximum atomic E-state index is 14.9. The van der Waals surface area contributed by atoms with Crippen molar-refractivity contribution in [3.8, 4) is 28.0 Å². The normalized spacial score (nSPS) is 18.4. The van der Waals surface area contributed by atoms with Gasteiger partial charge in [-0.05, 0) is 68.0 Å². The van der Waals surface area contributed by atoms with Gasteiger partial charge in [0.15, 0.2) is 11.6 Å². The second-order valence-corrected chi connectivity index (χ2v) is 8.68. The van der Waals surface area contributed by atoms with E-state index in [2.05, 4.69) is 6.92 Å². The lowest BCUT2D eigenvalue weighted by molar-refractivity contribution is 0.0154. The summed E-state index contributed by atoms with van der Waals surface area (Å²) in [5.41, 5.74) is 2.72. The molecule has 34 heavy (non-hydrogen) atoms. The van der Waals surface area contributed by atoms with E-state index in [0.717, 1.165) is 18.4 Å². The van der Waals surface area contributed by atoms with Gasteiger partial charge < -0.3 is 9.47 Å². The van der Waals surface area contributed by atoms with Crippen molar-refractivity contribution >= 4 is 0 Å². The van der Waals surface area contributed by atoms with Gasteiger partial charge in [0, 0.05) is 17.0 Å². The van der Waals surface area contributed by atoms with E-state index in [-0.39, 0.29) is 35.8 Å². The summed E-state index contributed by atoms with van der Waals surface area (Å²) in [7, 11) is 0. The third-order valence-corrected chi connectivity index (χ3v) is 6.30. The third-order valence-electron chi connectivity index (χ3n) is 6.30. The molecular weight excluding hydrogens is 437 g/mol. The largest absolute Gasteiger partial charge is 0.490 e. The lowest BCUT2D eigenvalue weighted by Gasteiger charge is -2.27. The van der Waals surface area contributed by atoms with Crippen LogP contribution in [-0.4, -0.2) is 19.3 Å². The minimum Gasteiger partial charge on any atom is -0.490 e. The molecule has 0 aromatic heterocycles. The number of rotatable bonds is 7. The highest BCUT2D eigenvalue weighted by Gasteiger charge is 2.21. The summed E-state index contributed by atoms with van der Waals surface area (Å²) < 4.78 is 55.2. The van der Waals surface area contributed by atoms with Crippen molar-refractivity contribution in [2.75, 3.05) is 13.2 Å². The Kier molecular flexibility index (Phi) is 7.73. The minimum absolute atomic E-state index is 0.109. The molecule has 1 aliphatic rings. The highest BCUT2D eigenvalue weighted by atomic mass is 19.2. The van der Waals surface area contributed by atoms with E-state index in [1.54, 1.807) is 36.4 Å². The van der Waals surface area contributed by atoms with Crippen LogP contribution in [0.25, 0.3) is 22.3 Å². The molecule has 178 valence electrons. The van der Waals surface area contributed by atoms with E-state index in [9.17, 15) is 13.2 Å². The van der Waals surface area contributed by atoms with Gasteiger partial charge >= 0.3 is 0 Å². The van der Waals surface area contributed by atoms with Crippen LogP contribution in [0.2, 0.25) is 0 Å². The van der Waals surface area contributed by atoms with Crippen LogP contribution in [0.4, 0.5) is 13.2 Å². The molecule has 0 amide bonds. The van der Waals surface area contributed by atoms with Crippen LogP contribution >= 0.6 is 0 Å². The summed E-state index contributed by atoms with van der Waals surface area (Å²) in [4.78, 5) is 0. The van der Waals surface area contributed by atoms with Gasteiger partial charge in [-0.3, -0.25) is 0 Å². The minimum atomic E-state index is -1.01. The lowest BCUT2D eigenvalue weighted by Crippen LogP contribution is -2.22. The lowest BCUT2D eigenvalue weighted by atomic mass is 9.90. The molecule has 2 unspecified atom stereocenters. The van der Waals surface area contributed by atoms with Gasteiger partial charge in [0.2, 0.25) is 5.82 Å². The molecule has 5 heteroatoms. The van der Waals surface area contributed by atoms with Crippen molar-refractivity contribution in [1.29, 1.82) is 0 Å². The first kappa shape index (κ1) is 24.1. The summed E-state index contributed by atoms with van der Waals surface area (Å²) in [5.74, 6) is -2.18. The average Bonchev–Trinajstić information content (AvgIpc) is 2.85. The van der Waals surface area contributed by atoms with Gasteiger partial charge in [-0.15, -0.1) is 0 Å². The Morgan fingerprint density at radius 1 is 0.912 bits per heavy atom. The molecule has 1 saturated heterocycles. The fourth-order valence-electron chi connectivity index (χ4n) is 4.26. The zero-order valence-corrected chi connectivity index (χ0v) is 19.5. The van der Waals surface area contributed by atoms with Crippen molar-refractivity contribution in [2.45, 2.75) is 45.1 Å². The molecule has 1 aliphatic heterocycles. The predicted octanol–water partition coefficient (Wildman–Crippen LogP) is 8.07. The standard InChI is InChI=1S/C29H29F3O2/c1-3-4-5-16-33-27-15-14-25(28(31)29(27)32)21-10-8-20(9-11-21)24-13-12-22(17-26(24)30)23-7-6-19(2)34-18-23/h3-4,8-15,17,19,23H,5-7,16,18H2,1-2H3/b4-3-. The topological polar surface area (TPSA) is 18.5 Å². The Bertz CT molecular complexity index is 1150. The first-order chi connectivity index (χ1) is 16.5. The predicted molar refractivity (Wildman–Crippen MR) is 130 cm³/mol. The van der Waals surface area contributed by atoms with Crippen molar-refractivity contribution in [1.82, 2.24) is 0 Å². The van der Waals surface area contributed by atoms with Gasteiger partial charge in [0.05, 0.1) is 19.3 Å². The second kappa shape index (κ2) is 10.9. The molecule has 1 fully saturated rings. The Labute approximate surface area is 199 Å². The summed E-state index contributed by atoms with van der Waals surface area (Å²) >= 11 is 0. The Hall–Kier alpha value is -3.05. The number of benzene rings is 3. The molecule has 4 rings (SSSR count). The van der Waals surface area contributed by atoms with Gasteiger partial charge in [0.25, 0.3) is 0 Å². The van der Waals surface area contributed by atoms with Gasteiger partial charge in [-0.1, -0.05) is 48.6 Å². The van der Waals surface area contributed by atoms with Crippen molar-refractivity contribution in [2.24, 2.45) is 0 Å². The zero-order chi connectivity index (χ0) is 24.1. The van der Waals surface area contributed by atoms with Crippen LogP contribution in [0.3, 0.4) is 0 Å². The molecule has 0 bridgehead atoms. The number of allylic oxidation sites excluding steroid dienone is 1. The highest BCUT2D eigenvalue weighted by molar-refractivity contribution is 5.71. The van der Waals surface area contributed by atoms with E-state index >= 15 is 0 Å². The molecule has 0 N–H and O–H groups in total. The fourth-order valence-corrected chi connectivity index (χ4v) is 4.26. The Balaban J connectivity index is 1.50. The number of halogens is 3. The Morgan fingerprint density at radius 2 is 1.62 bits per heavy atom. The average molecular weight is 467 g/mol. The first-order valence-electron chi connectivity index (χ1n) is 11.7. The van der Waals surface area contributed by atoms with Gasteiger partial charge in [-0.2, -0.15) is 4.39 Å². The van der Waals surface area contributed by atoms with Crippen molar-refractivity contribution in [3.63, 3.8) is 0 Å². The second-order valence-electron chi connectivity index (χ2n) is 8.68. The smallest absolute Gasteiger partial charge is 0.201 e. The van der Waals surface area contributed by atoms with Crippen molar-refractivity contribution in [3.05, 3.63) is 89.8 Å². The van der Waals surface area contributed by atoms with Crippen LogP contribution < -0.4 is 4.74 Å². The Morgan fingerprint density at radius 3 is 2.26 bits per heavy atom. The summed E-state index contributed by atoms with van der Waals surface area (Å²) in [6.45, 7) is 4.82. The van der Waals surface area contributed by atoms with E-state index < -0.39 is 11.6 Å². The molecule has 2 nitrogen and oxygen atoms in total. The third kappa shape index (κ3) is 5.36. The van der Waals surface area contributed by atoms with E-state index in [1.807, 2.05) is 25.1 Å². The molecular formula is C29H29F3O2. The quantitative estimate of drug-likeness (QED) is 0.259. The molecule has 0 spiro atoms. The van der Waals surface area contributed by atoms with Crippen molar-refractivity contribution < 1.29 is 22.6 Å². The summed E-state index contributed by atoms with van der Waals surface area (Å²) in [6, 6.07) is 15.0. The van der Waals surface area contributed by atoms with Crippen LogP contribution in [0, 0.1) is 17.5 Å². The molecule has 0 radical (unpaired) electrons. The van der Waals surface area contributed by atoms with Gasteiger partial charge in [-0.25, -0.2) is 8.78 Å². The monoisotopic (exact) mass is 466 g/mol. The van der Waals surface area contributed by atoms with Crippen LogP contribution in [0.1, 0.15) is 44.6 Å². The molecule has 1 heterocycles. The van der Waals surface area contributed by atoms with Crippen LogP contribution in [0.5, 0.6) is 5.75 Å². The van der Waals surface area contributed by atoms with Crippen LogP contribution in [0.15, 0.2) is 66.7 Å². The molecule has 2 atom stereocenters. The molecule has 0 aliphatic carbocycles. The highest BCUT2D eigenvalue weighted by Crippen LogP contribution is 2.34. The maximum absolute atomic E-state index is 14.9. The van der Waals surface area contributed by atoms with E-state index in [4.69, 9.17) is 9.47 Å². The molecule has 0 saturated carbocycles. The maximum Gasteiger partial charge on any atom is 0.201 e. The first-order valence-corrected chi connectivity index (χ1v) is 11.7. The molecule has 3 aromatic carbocycles. The van der Waals surface area contributed by atoms with E-state index in [1.165, 1.54) is 12.1 Å². The number of hydrogen-bond acceptors (Lipinski definition) is 2. The number of ether oxygens (including phenoxy) is 2. The van der Waals surface area contributed by atoms with Gasteiger partial charge in [0.1, 0.15) is 5.82 Å². The molecule has 3 aromatic rings. The summed E-state index contributed by atoms with van der Waals surface area (Å²) in [5, 5.41) is 0. The number of hydrogen-bond donors (Lipinski definition) is 0. The summed E-state index contributed by atoms with van der Waals surface area (Å²) in [6.07, 6.45) is 6.59.